The Labute approximate surface area is 152 Å². The van der Waals surface area contributed by atoms with E-state index in [1.807, 2.05) is 26.8 Å². The molecule has 1 amide bonds. The number of pyridine rings is 1. The van der Waals surface area contributed by atoms with Crippen LogP contribution in [0.15, 0.2) is 30.3 Å². The number of aromatic carboxylic acids is 1. The fraction of sp³-hybridized carbons (Fsp3) is 0.350. The maximum atomic E-state index is 12.6. The van der Waals surface area contributed by atoms with E-state index >= 15 is 0 Å². The van der Waals surface area contributed by atoms with Gasteiger partial charge in [-0.25, -0.2) is 9.78 Å². The fourth-order valence-electron chi connectivity index (χ4n) is 2.87. The minimum absolute atomic E-state index is 0.0174. The van der Waals surface area contributed by atoms with Crippen molar-refractivity contribution in [2.75, 3.05) is 11.9 Å². The number of hydrogen-bond acceptors (Lipinski definition) is 4. The summed E-state index contributed by atoms with van der Waals surface area (Å²) in [4.78, 5) is 28.7. The minimum atomic E-state index is -1.13. The van der Waals surface area contributed by atoms with E-state index in [1.54, 1.807) is 24.3 Å². The molecule has 0 atom stereocenters. The lowest BCUT2D eigenvalue weighted by Gasteiger charge is -2.20. The maximum absolute atomic E-state index is 12.6. The summed E-state index contributed by atoms with van der Waals surface area (Å²) < 4.78 is 5.38. The first kappa shape index (κ1) is 18.1. The number of carboxylic acid groups (broad SMARTS) is 1. The van der Waals surface area contributed by atoms with Gasteiger partial charge in [0.15, 0.2) is 0 Å². The molecule has 1 aromatic carbocycles. The third kappa shape index (κ3) is 3.75. The summed E-state index contributed by atoms with van der Waals surface area (Å²) in [7, 11) is 0. The molecular formula is C20H22N2O4. The lowest BCUT2D eigenvalue weighted by Crippen LogP contribution is -2.20. The van der Waals surface area contributed by atoms with Gasteiger partial charge in [-0.3, -0.25) is 4.79 Å². The van der Waals surface area contributed by atoms with Crippen LogP contribution in [0.4, 0.5) is 5.82 Å². The van der Waals surface area contributed by atoms with Gasteiger partial charge in [-0.2, -0.15) is 0 Å². The molecule has 2 N–H and O–H groups in total. The first-order valence-electron chi connectivity index (χ1n) is 8.51. The number of carbonyl (C=O) groups is 2. The Balaban J connectivity index is 1.89. The Hall–Kier alpha value is -2.73. The number of anilines is 1. The van der Waals surface area contributed by atoms with Crippen molar-refractivity contribution in [2.24, 2.45) is 0 Å². The van der Waals surface area contributed by atoms with Crippen LogP contribution < -0.4 is 5.32 Å². The molecule has 0 bridgehead atoms. The highest BCUT2D eigenvalue weighted by Crippen LogP contribution is 2.25. The van der Waals surface area contributed by atoms with Crippen molar-refractivity contribution in [3.8, 4) is 0 Å². The van der Waals surface area contributed by atoms with E-state index in [1.165, 1.54) is 0 Å². The Kier molecular flexibility index (Phi) is 4.78. The van der Waals surface area contributed by atoms with Crippen molar-refractivity contribution in [3.05, 3.63) is 58.3 Å². The van der Waals surface area contributed by atoms with E-state index in [2.05, 4.69) is 10.3 Å². The van der Waals surface area contributed by atoms with Crippen LogP contribution in [-0.2, 0) is 23.2 Å². The molecule has 6 nitrogen and oxygen atoms in total. The first-order valence-corrected chi connectivity index (χ1v) is 8.51. The number of benzene rings is 1. The van der Waals surface area contributed by atoms with E-state index in [-0.39, 0.29) is 16.5 Å². The van der Waals surface area contributed by atoms with Crippen molar-refractivity contribution >= 4 is 17.7 Å². The number of carboxylic acids is 1. The highest BCUT2D eigenvalue weighted by atomic mass is 16.5. The smallest absolute Gasteiger partial charge is 0.336 e. The molecule has 1 aliphatic rings. The van der Waals surface area contributed by atoms with Crippen LogP contribution in [0, 0.1) is 0 Å². The predicted molar refractivity (Wildman–Crippen MR) is 97.7 cm³/mol. The van der Waals surface area contributed by atoms with Crippen molar-refractivity contribution < 1.29 is 19.4 Å². The number of ether oxygens (including phenoxy) is 1. The number of nitrogens with zero attached hydrogens (tertiary/aromatic N) is 1. The Bertz CT molecular complexity index is 869. The maximum Gasteiger partial charge on any atom is 0.336 e. The van der Waals surface area contributed by atoms with Gasteiger partial charge in [-0.05, 0) is 41.2 Å². The van der Waals surface area contributed by atoms with E-state index in [0.717, 1.165) is 23.2 Å². The molecule has 0 radical (unpaired) electrons. The summed E-state index contributed by atoms with van der Waals surface area (Å²) in [6, 6.07) is 8.55. The monoisotopic (exact) mass is 354 g/mol. The quantitative estimate of drug-likeness (QED) is 0.882. The second-order valence-electron chi connectivity index (χ2n) is 7.37. The van der Waals surface area contributed by atoms with Gasteiger partial charge in [-0.1, -0.05) is 32.9 Å². The fourth-order valence-corrected chi connectivity index (χ4v) is 2.87. The number of nitrogens with one attached hydrogen (secondary N) is 1. The van der Waals surface area contributed by atoms with E-state index < -0.39 is 11.9 Å². The van der Waals surface area contributed by atoms with Gasteiger partial charge in [-0.15, -0.1) is 0 Å². The zero-order valence-electron chi connectivity index (χ0n) is 15.1. The van der Waals surface area contributed by atoms with Crippen molar-refractivity contribution in [2.45, 2.75) is 39.2 Å². The third-order valence-electron chi connectivity index (χ3n) is 4.43. The number of hydrogen-bond donors (Lipinski definition) is 2. The molecule has 1 aromatic heterocycles. The molecule has 0 saturated carbocycles. The summed E-state index contributed by atoms with van der Waals surface area (Å²) in [5.41, 5.74) is 2.65. The summed E-state index contributed by atoms with van der Waals surface area (Å²) in [5, 5.41) is 12.2. The van der Waals surface area contributed by atoms with Gasteiger partial charge in [0.1, 0.15) is 5.82 Å². The summed E-state index contributed by atoms with van der Waals surface area (Å²) >= 11 is 0. The Morgan fingerprint density at radius 1 is 1.15 bits per heavy atom. The van der Waals surface area contributed by atoms with Crippen LogP contribution in [0.25, 0.3) is 0 Å². The number of carbonyl (C=O) groups excluding carboxylic acids is 1. The summed E-state index contributed by atoms with van der Waals surface area (Å²) in [5.74, 6) is -1.24. The van der Waals surface area contributed by atoms with Gasteiger partial charge in [0.05, 0.1) is 30.0 Å². The Morgan fingerprint density at radius 2 is 1.92 bits per heavy atom. The number of rotatable bonds is 3. The average Bonchev–Trinajstić information content (AvgIpc) is 2.60. The molecule has 0 aliphatic carbocycles. The van der Waals surface area contributed by atoms with Crippen LogP contribution in [0.3, 0.4) is 0 Å². The van der Waals surface area contributed by atoms with E-state index in [4.69, 9.17) is 4.74 Å². The standard InChI is InChI=1S/C20H22N2O4/c1-20(2,3)13-5-6-14(15(10-13)19(24)25)18(23)22-17-7-4-12-8-9-26-11-16(12)21-17/h4-7,10H,8-9,11H2,1-3H3,(H,24,25)(H,21,22,23). The molecule has 0 saturated heterocycles. The zero-order valence-corrected chi connectivity index (χ0v) is 15.1. The van der Waals surface area contributed by atoms with Crippen molar-refractivity contribution in [3.63, 3.8) is 0 Å². The van der Waals surface area contributed by atoms with Crippen molar-refractivity contribution in [1.82, 2.24) is 4.98 Å². The van der Waals surface area contributed by atoms with E-state index in [0.29, 0.717) is 19.0 Å². The molecule has 6 heteroatoms. The normalized spacial score (nSPS) is 13.8. The minimum Gasteiger partial charge on any atom is -0.478 e. The van der Waals surface area contributed by atoms with Crippen LogP contribution >= 0.6 is 0 Å². The highest BCUT2D eigenvalue weighted by molar-refractivity contribution is 6.10. The second-order valence-corrected chi connectivity index (χ2v) is 7.37. The molecule has 26 heavy (non-hydrogen) atoms. The van der Waals surface area contributed by atoms with Gasteiger partial charge >= 0.3 is 5.97 Å². The van der Waals surface area contributed by atoms with Crippen molar-refractivity contribution in [1.29, 1.82) is 0 Å². The molecule has 136 valence electrons. The summed E-state index contributed by atoms with van der Waals surface area (Å²) in [6.07, 6.45) is 0.800. The van der Waals surface area contributed by atoms with Crippen LogP contribution in [0.2, 0.25) is 0 Å². The van der Waals surface area contributed by atoms with Gasteiger partial charge in [0, 0.05) is 0 Å². The lowest BCUT2D eigenvalue weighted by atomic mass is 9.85. The van der Waals surface area contributed by atoms with E-state index in [9.17, 15) is 14.7 Å². The lowest BCUT2D eigenvalue weighted by molar-refractivity contribution is 0.0692. The zero-order chi connectivity index (χ0) is 18.9. The number of fused-ring (bicyclic) bond motifs is 1. The number of aromatic nitrogens is 1. The Morgan fingerprint density at radius 3 is 2.62 bits per heavy atom. The van der Waals surface area contributed by atoms with Crippen LogP contribution in [0.5, 0.6) is 0 Å². The topological polar surface area (TPSA) is 88.5 Å². The third-order valence-corrected chi connectivity index (χ3v) is 4.43. The first-order chi connectivity index (χ1) is 12.3. The molecule has 3 rings (SSSR count). The molecule has 0 fully saturated rings. The predicted octanol–water partition coefficient (Wildman–Crippen LogP) is 3.40. The van der Waals surface area contributed by atoms with Gasteiger partial charge in [0.25, 0.3) is 5.91 Å². The molecule has 0 spiro atoms. The van der Waals surface area contributed by atoms with Crippen LogP contribution in [0.1, 0.15) is 58.3 Å². The van der Waals surface area contributed by atoms with Gasteiger partial charge in [0.2, 0.25) is 0 Å². The SMILES string of the molecule is CC(C)(C)c1ccc(C(=O)Nc2ccc3c(n2)COCC3)c(C(=O)O)c1. The average molecular weight is 354 g/mol. The number of amides is 1. The summed E-state index contributed by atoms with van der Waals surface area (Å²) in [6.45, 7) is 7.06. The molecule has 0 unspecified atom stereocenters. The largest absolute Gasteiger partial charge is 0.478 e. The molecule has 2 heterocycles. The van der Waals surface area contributed by atoms with Gasteiger partial charge < -0.3 is 15.2 Å². The highest BCUT2D eigenvalue weighted by Gasteiger charge is 2.22. The molecular weight excluding hydrogens is 332 g/mol. The second kappa shape index (κ2) is 6.88. The molecule has 1 aliphatic heterocycles. The van der Waals surface area contributed by atoms with Crippen LogP contribution in [-0.4, -0.2) is 28.6 Å². The molecule has 2 aromatic rings.